The van der Waals surface area contributed by atoms with E-state index < -0.39 is 0 Å². The maximum absolute atomic E-state index is 12.4. The van der Waals surface area contributed by atoms with Crippen molar-refractivity contribution >= 4 is 56.6 Å². The third-order valence-electron chi connectivity index (χ3n) is 4.05. The zero-order valence-corrected chi connectivity index (χ0v) is 16.0. The lowest BCUT2D eigenvalue weighted by Gasteiger charge is -2.04. The van der Waals surface area contributed by atoms with E-state index in [1.54, 1.807) is 12.3 Å². The van der Waals surface area contributed by atoms with E-state index >= 15 is 0 Å². The first-order valence-electron chi connectivity index (χ1n) is 8.19. The van der Waals surface area contributed by atoms with Crippen LogP contribution in [0.25, 0.3) is 21.8 Å². The van der Waals surface area contributed by atoms with Crippen molar-refractivity contribution in [3.05, 3.63) is 45.7 Å². The van der Waals surface area contributed by atoms with Crippen LogP contribution >= 0.6 is 23.1 Å². The van der Waals surface area contributed by atoms with Gasteiger partial charge in [-0.1, -0.05) is 23.9 Å². The number of imidazole rings is 1. The molecule has 0 saturated carbocycles. The van der Waals surface area contributed by atoms with Crippen LogP contribution in [0.4, 0.5) is 5.82 Å². The molecule has 0 aliphatic rings. The van der Waals surface area contributed by atoms with Gasteiger partial charge in [-0.05, 0) is 19.1 Å². The Morgan fingerprint density at radius 2 is 2.18 bits per heavy atom. The minimum atomic E-state index is -0.370. The van der Waals surface area contributed by atoms with E-state index in [1.807, 2.05) is 28.7 Å². The van der Waals surface area contributed by atoms with Gasteiger partial charge in [-0.2, -0.15) is 14.6 Å². The van der Waals surface area contributed by atoms with Gasteiger partial charge in [0.2, 0.25) is 16.6 Å². The number of aryl methyl sites for hydroxylation is 1. The number of nitrogens with one attached hydrogen (secondary N) is 2. The fraction of sp³-hybridized carbons (Fsp3) is 0.125. The molecule has 28 heavy (non-hydrogen) atoms. The van der Waals surface area contributed by atoms with Crippen molar-refractivity contribution in [3.63, 3.8) is 0 Å². The molecule has 0 aliphatic heterocycles. The zero-order valence-electron chi connectivity index (χ0n) is 14.4. The predicted octanol–water partition coefficient (Wildman–Crippen LogP) is 1.71. The largest absolute Gasteiger partial charge is 0.309 e. The lowest BCUT2D eigenvalue weighted by molar-refractivity contribution is -0.113. The third-order valence-corrected chi connectivity index (χ3v) is 5.80. The van der Waals surface area contributed by atoms with Crippen molar-refractivity contribution in [3.8, 4) is 0 Å². The predicted molar refractivity (Wildman–Crippen MR) is 106 cm³/mol. The van der Waals surface area contributed by atoms with Crippen LogP contribution in [0.1, 0.15) is 5.69 Å². The van der Waals surface area contributed by atoms with E-state index in [4.69, 9.17) is 0 Å². The van der Waals surface area contributed by atoms with Gasteiger partial charge in [-0.25, -0.2) is 10.1 Å². The van der Waals surface area contributed by atoms with Crippen LogP contribution in [0, 0.1) is 6.92 Å². The highest BCUT2D eigenvalue weighted by Gasteiger charge is 2.15. The molecule has 1 aromatic carbocycles. The number of thiazole rings is 1. The fourth-order valence-electron chi connectivity index (χ4n) is 2.77. The number of anilines is 1. The molecule has 0 saturated heterocycles. The number of thioether (sulfide) groups is 1. The maximum Gasteiger partial charge on any atom is 0.295 e. The summed E-state index contributed by atoms with van der Waals surface area (Å²) in [7, 11) is 0. The fourth-order valence-corrected chi connectivity index (χ4v) is 4.28. The van der Waals surface area contributed by atoms with Crippen molar-refractivity contribution in [1.29, 1.82) is 0 Å². The number of para-hydroxylation sites is 2. The molecule has 140 valence electrons. The van der Waals surface area contributed by atoms with Gasteiger partial charge in [0.1, 0.15) is 11.5 Å². The Morgan fingerprint density at radius 3 is 3.07 bits per heavy atom. The van der Waals surface area contributed by atoms with Crippen LogP contribution in [-0.4, -0.2) is 45.8 Å². The van der Waals surface area contributed by atoms with Crippen LogP contribution in [0.5, 0.6) is 0 Å². The summed E-state index contributed by atoms with van der Waals surface area (Å²) < 4.78 is 3.34. The number of aromatic amines is 1. The minimum Gasteiger partial charge on any atom is -0.309 e. The van der Waals surface area contributed by atoms with Gasteiger partial charge in [-0.3, -0.25) is 14.0 Å². The molecule has 2 N–H and O–H groups in total. The quantitative estimate of drug-likeness (QED) is 0.431. The van der Waals surface area contributed by atoms with Crippen LogP contribution in [0.15, 0.2) is 39.6 Å². The van der Waals surface area contributed by atoms with Crippen LogP contribution < -0.4 is 10.9 Å². The van der Waals surface area contributed by atoms with E-state index in [0.717, 1.165) is 11.0 Å². The molecule has 5 rings (SSSR count). The molecule has 0 atom stereocenters. The van der Waals surface area contributed by atoms with Crippen molar-refractivity contribution < 1.29 is 4.79 Å². The van der Waals surface area contributed by atoms with Gasteiger partial charge in [0.15, 0.2) is 5.16 Å². The molecule has 0 fully saturated rings. The Labute approximate surface area is 164 Å². The van der Waals surface area contributed by atoms with E-state index in [-0.39, 0.29) is 22.9 Å². The average Bonchev–Trinajstić information content (AvgIpc) is 3.35. The number of H-pyrrole nitrogens is 1. The minimum absolute atomic E-state index is 0.149. The Morgan fingerprint density at radius 1 is 1.32 bits per heavy atom. The van der Waals surface area contributed by atoms with Crippen LogP contribution in [0.2, 0.25) is 0 Å². The summed E-state index contributed by atoms with van der Waals surface area (Å²) in [6.07, 6.45) is 0. The first-order chi connectivity index (χ1) is 13.6. The molecule has 10 nitrogen and oxygen atoms in total. The topological polar surface area (TPSA) is 122 Å². The number of hydrogen-bond donors (Lipinski definition) is 2. The van der Waals surface area contributed by atoms with Crippen molar-refractivity contribution in [2.24, 2.45) is 0 Å². The number of carbonyl (C=O) groups excluding carboxylic acids is 1. The molecule has 5 aromatic rings. The summed E-state index contributed by atoms with van der Waals surface area (Å²) in [5.41, 5.74) is 1.68. The lowest BCUT2D eigenvalue weighted by atomic mass is 10.3. The van der Waals surface area contributed by atoms with Crippen molar-refractivity contribution in [2.45, 2.75) is 12.1 Å². The molecular weight excluding hydrogens is 400 g/mol. The number of nitrogens with zero attached hydrogens (tertiary/aromatic N) is 6. The maximum atomic E-state index is 12.4. The summed E-state index contributed by atoms with van der Waals surface area (Å²) in [5.74, 6) is 1.03. The molecule has 0 aliphatic carbocycles. The van der Waals surface area contributed by atoms with Crippen LogP contribution in [0.3, 0.4) is 0 Å². The van der Waals surface area contributed by atoms with Gasteiger partial charge >= 0.3 is 0 Å². The first-order valence-corrected chi connectivity index (χ1v) is 10.1. The Hall–Kier alpha value is -3.25. The van der Waals surface area contributed by atoms with E-state index in [2.05, 4.69) is 30.6 Å². The number of amides is 1. The highest BCUT2D eigenvalue weighted by molar-refractivity contribution is 7.99. The summed E-state index contributed by atoms with van der Waals surface area (Å²) >= 11 is 2.53. The number of rotatable bonds is 4. The highest BCUT2D eigenvalue weighted by atomic mass is 32.2. The standard InChI is InChI=1S/C16H12N8O2S2/c1-8-13(26)19-15-24(22-8)11(6-27-15)18-12(25)7-28-16-21-20-14-17-9-4-2-3-5-10(9)23(14)16/h2-6H,7H2,1H3,(H,17,20)(H,18,25). The number of aromatic nitrogens is 7. The normalized spacial score (nSPS) is 11.6. The highest BCUT2D eigenvalue weighted by Crippen LogP contribution is 2.23. The molecule has 0 spiro atoms. The summed E-state index contributed by atoms with van der Waals surface area (Å²) in [6, 6.07) is 7.73. The Bertz CT molecular complexity index is 1410. The Balaban J connectivity index is 1.36. The van der Waals surface area contributed by atoms with E-state index in [1.165, 1.54) is 27.6 Å². The molecule has 0 radical (unpaired) electrons. The SMILES string of the molecule is Cc1nn2c(NC(=O)CSc3n[nH]c4nc5ccccc5n34)csc2nc1=O. The van der Waals surface area contributed by atoms with Crippen molar-refractivity contribution in [1.82, 2.24) is 34.2 Å². The van der Waals surface area contributed by atoms with Gasteiger partial charge in [0.25, 0.3) is 5.56 Å². The van der Waals surface area contributed by atoms with E-state index in [9.17, 15) is 9.59 Å². The van der Waals surface area contributed by atoms with Gasteiger partial charge in [-0.15, -0.1) is 16.4 Å². The first kappa shape index (κ1) is 16.9. The number of fused-ring (bicyclic) bond motifs is 4. The monoisotopic (exact) mass is 412 g/mol. The lowest BCUT2D eigenvalue weighted by Crippen LogP contribution is -2.19. The number of hydrogen-bond acceptors (Lipinski definition) is 8. The summed E-state index contributed by atoms with van der Waals surface area (Å²) in [6.45, 7) is 1.58. The summed E-state index contributed by atoms with van der Waals surface area (Å²) in [4.78, 5) is 32.8. The molecule has 4 heterocycles. The van der Waals surface area contributed by atoms with Gasteiger partial charge in [0.05, 0.1) is 16.8 Å². The molecule has 1 amide bonds. The second kappa shape index (κ2) is 6.42. The molecule has 4 aromatic heterocycles. The molecular formula is C16H12N8O2S2. The smallest absolute Gasteiger partial charge is 0.295 e. The van der Waals surface area contributed by atoms with E-state index in [0.29, 0.717) is 21.7 Å². The number of benzene rings is 1. The molecule has 12 heteroatoms. The van der Waals surface area contributed by atoms with Crippen molar-refractivity contribution in [2.75, 3.05) is 11.1 Å². The van der Waals surface area contributed by atoms with Crippen LogP contribution in [-0.2, 0) is 4.79 Å². The second-order valence-corrected chi connectivity index (χ2v) is 7.70. The number of carbonyl (C=O) groups is 1. The second-order valence-electron chi connectivity index (χ2n) is 5.92. The van der Waals surface area contributed by atoms with Gasteiger partial charge in [0, 0.05) is 5.38 Å². The third kappa shape index (κ3) is 2.73. The molecule has 0 unspecified atom stereocenters. The summed E-state index contributed by atoms with van der Waals surface area (Å²) in [5, 5.41) is 16.4. The Kier molecular flexibility index (Phi) is 3.87. The molecule has 0 bridgehead atoms. The zero-order chi connectivity index (χ0) is 19.3. The average molecular weight is 412 g/mol. The van der Waals surface area contributed by atoms with Gasteiger partial charge < -0.3 is 5.32 Å².